The van der Waals surface area contributed by atoms with Gasteiger partial charge < -0.3 is 15.0 Å². The molecule has 0 saturated carbocycles. The van der Waals surface area contributed by atoms with Crippen molar-refractivity contribution in [2.24, 2.45) is 10.2 Å². The van der Waals surface area contributed by atoms with Crippen molar-refractivity contribution < 1.29 is 5.11 Å². The van der Waals surface area contributed by atoms with Crippen LogP contribution in [0, 0.1) is 13.8 Å². The second-order valence-corrected chi connectivity index (χ2v) is 7.65. The average molecular weight is 415 g/mol. The molecule has 0 bridgehead atoms. The second-order valence-electron chi connectivity index (χ2n) is 7.26. The molecule has 0 spiro atoms. The molecule has 0 fully saturated rings. The molecule has 5 nitrogen and oxygen atoms in total. The van der Waals surface area contributed by atoms with Crippen LogP contribution in [-0.2, 0) is 6.54 Å². The molecule has 0 saturated heterocycles. The Bertz CT molecular complexity index is 1240. The van der Waals surface area contributed by atoms with Crippen molar-refractivity contribution in [2.75, 3.05) is 5.32 Å². The fourth-order valence-corrected chi connectivity index (χ4v) is 3.53. The quantitative estimate of drug-likeness (QED) is 0.296. The molecule has 150 valence electrons. The number of fused-ring (bicyclic) bond motifs is 1. The summed E-state index contributed by atoms with van der Waals surface area (Å²) >= 11 is 5.31. The van der Waals surface area contributed by atoms with E-state index in [2.05, 4.69) is 46.7 Å². The van der Waals surface area contributed by atoms with Gasteiger partial charge in [-0.05, 0) is 55.4 Å². The zero-order chi connectivity index (χ0) is 21.1. The van der Waals surface area contributed by atoms with E-state index in [0.717, 1.165) is 27.7 Å². The maximum absolute atomic E-state index is 10.9. The number of aromatic nitrogens is 1. The molecule has 4 rings (SSSR count). The molecule has 1 heterocycles. The smallest absolute Gasteiger partial charge is 0.221 e. The summed E-state index contributed by atoms with van der Waals surface area (Å²) in [4.78, 5) is 0. The Balaban J connectivity index is 1.64. The van der Waals surface area contributed by atoms with Gasteiger partial charge in [0, 0.05) is 11.1 Å². The van der Waals surface area contributed by atoms with E-state index in [1.807, 2.05) is 60.0 Å². The molecule has 0 amide bonds. The number of azo groups is 1. The first-order valence-corrected chi connectivity index (χ1v) is 10.1. The number of aryl methyl sites for hydroxylation is 2. The average Bonchev–Trinajstić information content (AvgIpc) is 2.99. The molecule has 0 radical (unpaired) electrons. The van der Waals surface area contributed by atoms with Crippen LogP contribution in [0.15, 0.2) is 83.0 Å². The minimum absolute atomic E-state index is 0.0684. The minimum Gasteiger partial charge on any atom is -0.493 e. The van der Waals surface area contributed by atoms with Crippen LogP contribution in [0.1, 0.15) is 16.7 Å². The molecule has 4 aromatic rings. The van der Waals surface area contributed by atoms with E-state index in [0.29, 0.717) is 12.2 Å². The van der Waals surface area contributed by atoms with E-state index in [4.69, 9.17) is 12.2 Å². The molecule has 30 heavy (non-hydrogen) atoms. The van der Waals surface area contributed by atoms with Gasteiger partial charge in [-0.2, -0.15) is 0 Å². The highest BCUT2D eigenvalue weighted by Crippen LogP contribution is 2.39. The number of thiocarbonyl (C=S) groups is 1. The van der Waals surface area contributed by atoms with Crippen LogP contribution >= 0.6 is 12.2 Å². The highest BCUT2D eigenvalue weighted by atomic mass is 32.1. The number of hydrogen-bond acceptors (Lipinski definition) is 3. The van der Waals surface area contributed by atoms with Crippen molar-refractivity contribution in [2.45, 2.75) is 20.4 Å². The Labute approximate surface area is 180 Å². The van der Waals surface area contributed by atoms with Crippen LogP contribution in [0.4, 0.5) is 11.4 Å². The predicted molar refractivity (Wildman–Crippen MR) is 126 cm³/mol. The highest BCUT2D eigenvalue weighted by molar-refractivity contribution is 7.80. The summed E-state index contributed by atoms with van der Waals surface area (Å²) in [6, 6.07) is 23.8. The van der Waals surface area contributed by atoms with Gasteiger partial charge in [-0.15, -0.1) is 10.2 Å². The van der Waals surface area contributed by atoms with E-state index >= 15 is 0 Å². The maximum atomic E-state index is 10.9. The summed E-state index contributed by atoms with van der Waals surface area (Å²) in [7, 11) is 0. The van der Waals surface area contributed by atoms with E-state index in [1.54, 1.807) is 0 Å². The number of benzene rings is 3. The zero-order valence-corrected chi connectivity index (χ0v) is 17.6. The molecular weight excluding hydrogens is 392 g/mol. The van der Waals surface area contributed by atoms with Crippen LogP contribution in [0.5, 0.6) is 5.88 Å². The van der Waals surface area contributed by atoms with Gasteiger partial charge in [-0.3, -0.25) is 0 Å². The maximum Gasteiger partial charge on any atom is 0.221 e. The lowest BCUT2D eigenvalue weighted by Crippen LogP contribution is -2.04. The lowest BCUT2D eigenvalue weighted by Gasteiger charge is -2.07. The number of para-hydroxylation sites is 1. The zero-order valence-electron chi connectivity index (χ0n) is 16.8. The number of aromatic hydroxyl groups is 1. The van der Waals surface area contributed by atoms with Crippen LogP contribution in [0.25, 0.3) is 10.9 Å². The molecule has 0 atom stereocenters. The third-order valence-corrected chi connectivity index (χ3v) is 5.07. The van der Waals surface area contributed by atoms with Gasteiger partial charge >= 0.3 is 0 Å². The predicted octanol–water partition coefficient (Wildman–Crippen LogP) is 6.49. The SMILES string of the molecule is Cc1ccc(Cn2c(O)c(N=NC(=S)Nc3cccc(C)c3)c3ccccc32)cc1. The number of nitrogens with one attached hydrogen (secondary N) is 1. The molecule has 2 N–H and O–H groups in total. The molecular formula is C24H22N4OS. The molecule has 0 unspecified atom stereocenters. The van der Waals surface area contributed by atoms with Crippen molar-refractivity contribution in [3.05, 3.63) is 89.5 Å². The summed E-state index contributed by atoms with van der Waals surface area (Å²) < 4.78 is 1.84. The first kappa shape index (κ1) is 19.8. The van der Waals surface area contributed by atoms with Gasteiger partial charge in [0.1, 0.15) is 0 Å². The molecule has 3 aromatic carbocycles. The van der Waals surface area contributed by atoms with E-state index in [1.165, 1.54) is 5.56 Å². The Hall–Kier alpha value is -3.51. The van der Waals surface area contributed by atoms with Gasteiger partial charge in [-0.1, -0.05) is 60.2 Å². The first-order chi connectivity index (χ1) is 14.5. The van der Waals surface area contributed by atoms with Gasteiger partial charge in [0.2, 0.25) is 11.0 Å². The van der Waals surface area contributed by atoms with E-state index in [9.17, 15) is 5.11 Å². The van der Waals surface area contributed by atoms with Gasteiger partial charge in [0.05, 0.1) is 12.1 Å². The number of nitrogens with zero attached hydrogens (tertiary/aromatic N) is 3. The van der Waals surface area contributed by atoms with Crippen LogP contribution in [-0.4, -0.2) is 14.8 Å². The summed E-state index contributed by atoms with van der Waals surface area (Å²) in [6.45, 7) is 4.60. The summed E-state index contributed by atoms with van der Waals surface area (Å²) in [5, 5.41) is 23.4. The summed E-state index contributed by atoms with van der Waals surface area (Å²) in [5.74, 6) is 0.0684. The van der Waals surface area contributed by atoms with Crippen molar-refractivity contribution in [1.29, 1.82) is 0 Å². The second kappa shape index (κ2) is 8.47. The Kier molecular flexibility index (Phi) is 5.59. The molecule has 6 heteroatoms. The normalized spacial score (nSPS) is 11.3. The van der Waals surface area contributed by atoms with E-state index < -0.39 is 0 Å². The van der Waals surface area contributed by atoms with Gasteiger partial charge in [0.15, 0.2) is 5.69 Å². The summed E-state index contributed by atoms with van der Waals surface area (Å²) in [6.07, 6.45) is 0. The minimum atomic E-state index is 0.0684. The number of hydrogen-bond donors (Lipinski definition) is 2. The first-order valence-electron chi connectivity index (χ1n) is 9.66. The van der Waals surface area contributed by atoms with Crippen LogP contribution in [0.3, 0.4) is 0 Å². The summed E-state index contributed by atoms with van der Waals surface area (Å²) in [5.41, 5.74) is 5.57. The molecule has 1 aromatic heterocycles. The number of anilines is 1. The monoisotopic (exact) mass is 414 g/mol. The standard InChI is InChI=1S/C24H22N4OS/c1-16-10-12-18(13-11-16)15-28-21-9-4-3-8-20(21)22(23(28)29)26-27-24(30)25-19-7-5-6-17(2)14-19/h3-14,29H,15H2,1-2H3,(H,25,30). The van der Waals surface area contributed by atoms with Crippen LogP contribution in [0.2, 0.25) is 0 Å². The molecule has 0 aliphatic carbocycles. The van der Waals surface area contributed by atoms with E-state index in [-0.39, 0.29) is 11.0 Å². The van der Waals surface area contributed by atoms with Crippen molar-refractivity contribution in [3.63, 3.8) is 0 Å². The largest absolute Gasteiger partial charge is 0.493 e. The number of rotatable bonds is 4. The van der Waals surface area contributed by atoms with Crippen LogP contribution < -0.4 is 5.32 Å². The topological polar surface area (TPSA) is 61.9 Å². The van der Waals surface area contributed by atoms with Crippen molar-refractivity contribution in [3.8, 4) is 5.88 Å². The third-order valence-electron chi connectivity index (χ3n) is 4.89. The Morgan fingerprint density at radius 1 is 0.967 bits per heavy atom. The van der Waals surface area contributed by atoms with Crippen molar-refractivity contribution in [1.82, 2.24) is 4.57 Å². The lowest BCUT2D eigenvalue weighted by molar-refractivity contribution is 0.429. The Morgan fingerprint density at radius 3 is 2.50 bits per heavy atom. The lowest BCUT2D eigenvalue weighted by atomic mass is 10.1. The third kappa shape index (κ3) is 4.23. The highest BCUT2D eigenvalue weighted by Gasteiger charge is 2.16. The fraction of sp³-hybridized carbons (Fsp3) is 0.125. The van der Waals surface area contributed by atoms with Gasteiger partial charge in [-0.25, -0.2) is 0 Å². The fourth-order valence-electron chi connectivity index (χ4n) is 3.37. The Morgan fingerprint density at radius 2 is 1.73 bits per heavy atom. The van der Waals surface area contributed by atoms with Crippen molar-refractivity contribution >= 4 is 39.6 Å². The van der Waals surface area contributed by atoms with Gasteiger partial charge in [0.25, 0.3) is 0 Å². The molecule has 0 aliphatic rings. The molecule has 0 aliphatic heterocycles.